The van der Waals surface area contributed by atoms with Gasteiger partial charge in [0.2, 0.25) is 0 Å². The molecule has 4 nitrogen and oxygen atoms in total. The number of amides is 1. The molecule has 0 saturated carbocycles. The number of benzene rings is 2. The number of thioether (sulfide) groups is 1. The molecule has 2 aromatic rings. The Morgan fingerprint density at radius 2 is 2.07 bits per heavy atom. The lowest BCUT2D eigenvalue weighted by atomic mass is 10.1. The van der Waals surface area contributed by atoms with Crippen LogP contribution in [0.25, 0.3) is 6.08 Å². The highest BCUT2D eigenvalue weighted by atomic mass is 79.9. The van der Waals surface area contributed by atoms with Crippen LogP contribution in [0.2, 0.25) is 5.02 Å². The molecule has 1 fully saturated rings. The maximum absolute atomic E-state index is 12.9. The van der Waals surface area contributed by atoms with E-state index in [1.165, 1.54) is 16.7 Å². The number of anilines is 1. The largest absolute Gasteiger partial charge is 0.493 e. The van der Waals surface area contributed by atoms with E-state index in [0.29, 0.717) is 38.0 Å². The van der Waals surface area contributed by atoms with Crippen molar-refractivity contribution in [1.82, 2.24) is 0 Å². The van der Waals surface area contributed by atoms with Crippen molar-refractivity contribution in [1.29, 1.82) is 0 Å². The van der Waals surface area contributed by atoms with Gasteiger partial charge in [-0.2, -0.15) is 0 Å². The summed E-state index contributed by atoms with van der Waals surface area (Å²) >= 11 is 16.2. The van der Waals surface area contributed by atoms with E-state index in [1.807, 2.05) is 19.1 Å². The fourth-order valence-electron chi connectivity index (χ4n) is 2.54. The summed E-state index contributed by atoms with van der Waals surface area (Å²) in [7, 11) is 1.58. The fourth-order valence-corrected chi connectivity index (χ4v) is 4.45. The van der Waals surface area contributed by atoms with Crippen molar-refractivity contribution < 1.29 is 14.3 Å². The molecule has 140 valence electrons. The lowest BCUT2D eigenvalue weighted by Crippen LogP contribution is -2.27. The quantitative estimate of drug-likeness (QED) is 0.389. The van der Waals surface area contributed by atoms with Crippen LogP contribution in [0.15, 0.2) is 45.8 Å². The Hall–Kier alpha value is -1.54. The first-order chi connectivity index (χ1) is 12.9. The zero-order chi connectivity index (χ0) is 19.6. The smallest absolute Gasteiger partial charge is 0.270 e. The van der Waals surface area contributed by atoms with Gasteiger partial charge >= 0.3 is 0 Å². The average Bonchev–Trinajstić information content (AvgIpc) is 2.91. The Morgan fingerprint density at radius 1 is 1.30 bits per heavy atom. The van der Waals surface area contributed by atoms with E-state index in [1.54, 1.807) is 37.5 Å². The number of ether oxygens (including phenoxy) is 2. The van der Waals surface area contributed by atoms with Crippen LogP contribution < -0.4 is 14.4 Å². The molecule has 0 spiro atoms. The molecule has 1 saturated heterocycles. The van der Waals surface area contributed by atoms with Gasteiger partial charge in [-0.15, -0.1) is 0 Å². The van der Waals surface area contributed by atoms with Crippen molar-refractivity contribution >= 4 is 73.5 Å². The van der Waals surface area contributed by atoms with E-state index in [0.717, 1.165) is 10.0 Å². The third-order valence-electron chi connectivity index (χ3n) is 3.73. The Labute approximate surface area is 180 Å². The van der Waals surface area contributed by atoms with E-state index in [9.17, 15) is 4.79 Å². The molecule has 0 radical (unpaired) electrons. The molecule has 0 atom stereocenters. The Morgan fingerprint density at radius 3 is 2.74 bits per heavy atom. The zero-order valence-corrected chi connectivity index (χ0v) is 18.5. The summed E-state index contributed by atoms with van der Waals surface area (Å²) < 4.78 is 12.2. The van der Waals surface area contributed by atoms with Crippen molar-refractivity contribution in [2.24, 2.45) is 0 Å². The van der Waals surface area contributed by atoms with Gasteiger partial charge in [0.05, 0.1) is 24.3 Å². The second-order valence-electron chi connectivity index (χ2n) is 5.45. The maximum atomic E-state index is 12.9. The second-order valence-corrected chi connectivity index (χ2v) is 8.42. The van der Waals surface area contributed by atoms with Gasteiger partial charge in [-0.05, 0) is 48.9 Å². The third-order valence-corrected chi connectivity index (χ3v) is 5.95. The first-order valence-corrected chi connectivity index (χ1v) is 10.4. The molecule has 0 aliphatic carbocycles. The van der Waals surface area contributed by atoms with Crippen molar-refractivity contribution in [2.45, 2.75) is 6.92 Å². The molecule has 1 aliphatic heterocycles. The number of carbonyl (C=O) groups is 1. The minimum absolute atomic E-state index is 0.188. The van der Waals surface area contributed by atoms with E-state index >= 15 is 0 Å². The lowest BCUT2D eigenvalue weighted by Gasteiger charge is -2.14. The first kappa shape index (κ1) is 20.2. The standard InChI is InChI=1S/C19H15BrClNO3S2/c1-3-25-16-10-14(20)11(7-15(16)24-2)8-17-18(23)22(19(26)27-17)13-6-4-5-12(21)9-13/h4-10H,3H2,1-2H3/b17-8+. The Bertz CT molecular complexity index is 949. The van der Waals surface area contributed by atoms with Gasteiger partial charge in [0.1, 0.15) is 0 Å². The number of nitrogens with zero attached hydrogens (tertiary/aromatic N) is 1. The summed E-state index contributed by atoms with van der Waals surface area (Å²) in [6.07, 6.45) is 1.78. The van der Waals surface area contributed by atoms with Crippen LogP contribution in [-0.4, -0.2) is 23.9 Å². The van der Waals surface area contributed by atoms with E-state index in [4.69, 9.17) is 33.3 Å². The van der Waals surface area contributed by atoms with Crippen LogP contribution in [-0.2, 0) is 4.79 Å². The molecule has 0 N–H and O–H groups in total. The fraction of sp³-hybridized carbons (Fsp3) is 0.158. The SMILES string of the molecule is CCOc1cc(Br)c(/C=C2/SC(=S)N(c3cccc(Cl)c3)C2=O)cc1OC. The molecule has 1 amide bonds. The molecule has 27 heavy (non-hydrogen) atoms. The normalized spacial score (nSPS) is 15.6. The van der Waals surface area contributed by atoms with Gasteiger partial charge in [-0.1, -0.05) is 57.6 Å². The van der Waals surface area contributed by atoms with Gasteiger partial charge in [-0.25, -0.2) is 0 Å². The molecular formula is C19H15BrClNO3S2. The van der Waals surface area contributed by atoms with Gasteiger partial charge in [0.25, 0.3) is 5.91 Å². The predicted octanol–water partition coefficient (Wildman–Crippen LogP) is 5.92. The van der Waals surface area contributed by atoms with Crippen molar-refractivity contribution in [3.8, 4) is 11.5 Å². The highest BCUT2D eigenvalue weighted by Gasteiger charge is 2.33. The molecule has 0 bridgehead atoms. The van der Waals surface area contributed by atoms with Gasteiger partial charge < -0.3 is 9.47 Å². The number of hydrogen-bond donors (Lipinski definition) is 0. The number of halogens is 2. The van der Waals surface area contributed by atoms with E-state index in [2.05, 4.69) is 15.9 Å². The maximum Gasteiger partial charge on any atom is 0.270 e. The number of carbonyl (C=O) groups excluding carboxylic acids is 1. The van der Waals surface area contributed by atoms with Crippen molar-refractivity contribution in [3.63, 3.8) is 0 Å². The molecule has 8 heteroatoms. The monoisotopic (exact) mass is 483 g/mol. The van der Waals surface area contributed by atoms with Crippen molar-refractivity contribution in [2.75, 3.05) is 18.6 Å². The number of rotatable bonds is 5. The van der Waals surface area contributed by atoms with E-state index < -0.39 is 0 Å². The predicted molar refractivity (Wildman–Crippen MR) is 119 cm³/mol. The van der Waals surface area contributed by atoms with Crippen LogP contribution in [0, 0.1) is 0 Å². The summed E-state index contributed by atoms with van der Waals surface area (Å²) in [5, 5.41) is 0.546. The molecular weight excluding hydrogens is 470 g/mol. The topological polar surface area (TPSA) is 38.8 Å². The number of thiocarbonyl (C=S) groups is 1. The Kier molecular flexibility index (Phi) is 6.47. The highest BCUT2D eigenvalue weighted by Crippen LogP contribution is 2.39. The molecule has 1 heterocycles. The number of hydrogen-bond acceptors (Lipinski definition) is 5. The first-order valence-electron chi connectivity index (χ1n) is 7.98. The Balaban J connectivity index is 1.96. The molecule has 2 aromatic carbocycles. The summed E-state index contributed by atoms with van der Waals surface area (Å²) in [4.78, 5) is 14.9. The van der Waals surface area contributed by atoms with Gasteiger partial charge in [-0.3, -0.25) is 9.69 Å². The van der Waals surface area contributed by atoms with Crippen LogP contribution in [0.5, 0.6) is 11.5 Å². The minimum atomic E-state index is -0.188. The van der Waals surface area contributed by atoms with Crippen LogP contribution in [0.1, 0.15) is 12.5 Å². The zero-order valence-electron chi connectivity index (χ0n) is 14.5. The molecule has 1 aliphatic rings. The molecule has 0 aromatic heterocycles. The van der Waals surface area contributed by atoms with Gasteiger partial charge in [0.15, 0.2) is 15.8 Å². The summed E-state index contributed by atoms with van der Waals surface area (Å²) in [5.74, 6) is 1.04. The average molecular weight is 485 g/mol. The second kappa shape index (κ2) is 8.65. The lowest BCUT2D eigenvalue weighted by molar-refractivity contribution is -0.113. The summed E-state index contributed by atoms with van der Waals surface area (Å²) in [5.41, 5.74) is 1.44. The van der Waals surface area contributed by atoms with Crippen LogP contribution in [0.3, 0.4) is 0 Å². The summed E-state index contributed by atoms with van der Waals surface area (Å²) in [6, 6.07) is 10.7. The number of methoxy groups -OCH3 is 1. The third kappa shape index (κ3) is 4.32. The highest BCUT2D eigenvalue weighted by molar-refractivity contribution is 9.10. The van der Waals surface area contributed by atoms with Crippen LogP contribution in [0.4, 0.5) is 5.69 Å². The van der Waals surface area contributed by atoms with Crippen molar-refractivity contribution in [3.05, 3.63) is 56.4 Å². The molecule has 3 rings (SSSR count). The van der Waals surface area contributed by atoms with Gasteiger partial charge in [0, 0.05) is 9.50 Å². The molecule has 0 unspecified atom stereocenters. The minimum Gasteiger partial charge on any atom is -0.493 e. The van der Waals surface area contributed by atoms with E-state index in [-0.39, 0.29) is 5.91 Å². The summed E-state index contributed by atoms with van der Waals surface area (Å²) in [6.45, 7) is 2.43. The van der Waals surface area contributed by atoms with Crippen LogP contribution >= 0.6 is 51.5 Å².